The smallest absolute Gasteiger partial charge is 0.269 e. The largest absolute Gasteiger partial charge is 0.357 e. The van der Waals surface area contributed by atoms with Crippen LogP contribution in [0.2, 0.25) is 0 Å². The zero-order chi connectivity index (χ0) is 19.6. The van der Waals surface area contributed by atoms with Crippen molar-refractivity contribution in [3.05, 3.63) is 75.1 Å². The zero-order valence-electron chi connectivity index (χ0n) is 15.4. The van der Waals surface area contributed by atoms with Gasteiger partial charge in [0.2, 0.25) is 0 Å². The van der Waals surface area contributed by atoms with Gasteiger partial charge in [-0.05, 0) is 42.0 Å². The van der Waals surface area contributed by atoms with E-state index in [1.807, 2.05) is 13.2 Å². The summed E-state index contributed by atoms with van der Waals surface area (Å²) >= 11 is 1.64. The van der Waals surface area contributed by atoms with Crippen LogP contribution in [0.1, 0.15) is 23.6 Å². The lowest BCUT2D eigenvalue weighted by molar-refractivity contribution is -0.384. The molecule has 0 fully saturated rings. The minimum Gasteiger partial charge on any atom is -0.357 e. The molecule has 8 heteroatoms. The first kappa shape index (κ1) is 20.7. The van der Waals surface area contributed by atoms with Crippen molar-refractivity contribution in [2.24, 2.45) is 4.99 Å². The molecule has 0 radical (unpaired) electrons. The van der Waals surface area contributed by atoms with Crippen LogP contribution in [-0.4, -0.2) is 23.7 Å². The molecule has 0 saturated carbocycles. The maximum Gasteiger partial charge on any atom is 0.269 e. The first-order valence-corrected chi connectivity index (χ1v) is 9.94. The van der Waals surface area contributed by atoms with E-state index >= 15 is 0 Å². The van der Waals surface area contributed by atoms with Crippen molar-refractivity contribution in [3.63, 3.8) is 0 Å². The highest BCUT2D eigenvalue weighted by Crippen LogP contribution is 2.17. The molecule has 0 atom stereocenters. The monoisotopic (exact) mass is 390 g/mol. The van der Waals surface area contributed by atoms with E-state index in [-0.39, 0.29) is 11.5 Å². The number of hydrogen-bond donors (Lipinski definition) is 2. The third-order valence-corrected chi connectivity index (χ3v) is 4.43. The number of nitrogens with one attached hydrogen (secondary N) is 2. The van der Waals surface area contributed by atoms with Crippen molar-refractivity contribution in [3.8, 4) is 0 Å². The molecule has 0 spiro atoms. The van der Waals surface area contributed by atoms with E-state index < -0.39 is 4.92 Å². The Bertz CT molecular complexity index is 797. The Kier molecular flexibility index (Phi) is 8.06. The molecule has 2 N–H and O–H groups in total. The maximum absolute atomic E-state index is 13.5. The number of aliphatic imine (C=N–C) groups is 1. The van der Waals surface area contributed by atoms with Crippen LogP contribution in [0.5, 0.6) is 0 Å². The number of guanidine groups is 1. The van der Waals surface area contributed by atoms with Crippen molar-refractivity contribution >= 4 is 23.4 Å². The molecule has 2 aromatic rings. The van der Waals surface area contributed by atoms with Crippen LogP contribution in [0.25, 0.3) is 0 Å². The van der Waals surface area contributed by atoms with Crippen LogP contribution in [-0.2, 0) is 18.8 Å². The summed E-state index contributed by atoms with van der Waals surface area (Å²) in [6.07, 6.45) is 1.98. The van der Waals surface area contributed by atoms with Crippen molar-refractivity contribution < 1.29 is 9.31 Å². The average Bonchev–Trinajstić information content (AvgIpc) is 2.65. The van der Waals surface area contributed by atoms with E-state index in [9.17, 15) is 14.5 Å². The lowest BCUT2D eigenvalue weighted by atomic mass is 10.1. The van der Waals surface area contributed by atoms with Crippen LogP contribution in [0.4, 0.5) is 10.1 Å². The molecular weight excluding hydrogens is 367 g/mol. The van der Waals surface area contributed by atoms with Crippen LogP contribution in [0.3, 0.4) is 0 Å². The van der Waals surface area contributed by atoms with E-state index in [0.29, 0.717) is 25.6 Å². The first-order valence-electron chi connectivity index (χ1n) is 8.55. The standard InChI is InChI=1S/C19H23FN4O2S/c1-3-21-19(22-11-14-4-8-18(9-5-14)24(25)26)23-12-15-6-7-17(20)10-16(15)13-27-2/h4-10H,3,11-13H2,1-2H3,(H2,21,22,23). The SMILES string of the molecule is CCNC(=NCc1ccc([N+](=O)[O-])cc1)NCc1ccc(F)cc1CSC. The summed E-state index contributed by atoms with van der Waals surface area (Å²) in [5, 5.41) is 17.1. The van der Waals surface area contributed by atoms with Gasteiger partial charge in [0.15, 0.2) is 5.96 Å². The molecule has 0 saturated heterocycles. The number of nitro benzene ring substituents is 1. The van der Waals surface area contributed by atoms with Crippen molar-refractivity contribution in [1.82, 2.24) is 10.6 Å². The molecule has 0 heterocycles. The molecule has 144 valence electrons. The molecule has 2 rings (SSSR count). The minimum absolute atomic E-state index is 0.0606. The molecule has 0 bridgehead atoms. The molecule has 2 aromatic carbocycles. The quantitative estimate of drug-likeness (QED) is 0.310. The predicted molar refractivity (Wildman–Crippen MR) is 108 cm³/mol. The van der Waals surface area contributed by atoms with E-state index in [1.54, 1.807) is 36.0 Å². The topological polar surface area (TPSA) is 79.6 Å². The highest BCUT2D eigenvalue weighted by Gasteiger charge is 2.06. The predicted octanol–water partition coefficient (Wildman–Crippen LogP) is 3.85. The fourth-order valence-corrected chi connectivity index (χ4v) is 3.05. The number of rotatable bonds is 8. The molecule has 0 unspecified atom stereocenters. The van der Waals surface area contributed by atoms with Crippen molar-refractivity contribution in [2.75, 3.05) is 12.8 Å². The first-order chi connectivity index (χ1) is 13.0. The van der Waals surface area contributed by atoms with Crippen LogP contribution in [0.15, 0.2) is 47.5 Å². The van der Waals surface area contributed by atoms with Gasteiger partial charge in [-0.1, -0.05) is 18.2 Å². The Labute approximate surface area is 162 Å². The number of halogens is 1. The van der Waals surface area contributed by atoms with Gasteiger partial charge >= 0.3 is 0 Å². The third-order valence-electron chi connectivity index (χ3n) is 3.83. The van der Waals surface area contributed by atoms with Gasteiger partial charge < -0.3 is 10.6 Å². The fourth-order valence-electron chi connectivity index (χ4n) is 2.47. The Hall–Kier alpha value is -2.61. The number of non-ortho nitro benzene ring substituents is 1. The normalized spacial score (nSPS) is 11.3. The lowest BCUT2D eigenvalue weighted by Crippen LogP contribution is -2.37. The van der Waals surface area contributed by atoms with Gasteiger partial charge in [0, 0.05) is 31.0 Å². The summed E-state index contributed by atoms with van der Waals surface area (Å²) in [7, 11) is 0. The maximum atomic E-state index is 13.5. The van der Waals surface area contributed by atoms with Gasteiger partial charge in [0.25, 0.3) is 5.69 Å². The van der Waals surface area contributed by atoms with Crippen molar-refractivity contribution in [1.29, 1.82) is 0 Å². The van der Waals surface area contributed by atoms with Gasteiger partial charge in [0.1, 0.15) is 5.82 Å². The molecule has 0 amide bonds. The molecule has 6 nitrogen and oxygen atoms in total. The highest BCUT2D eigenvalue weighted by atomic mass is 32.2. The summed E-state index contributed by atoms with van der Waals surface area (Å²) in [6.45, 7) is 3.60. The Morgan fingerprint density at radius 3 is 2.56 bits per heavy atom. The second kappa shape index (κ2) is 10.5. The number of nitro groups is 1. The van der Waals surface area contributed by atoms with Gasteiger partial charge in [0.05, 0.1) is 11.5 Å². The van der Waals surface area contributed by atoms with Gasteiger partial charge in [-0.2, -0.15) is 11.8 Å². The summed E-state index contributed by atoms with van der Waals surface area (Å²) < 4.78 is 13.5. The van der Waals surface area contributed by atoms with Crippen molar-refractivity contribution in [2.45, 2.75) is 25.8 Å². The third kappa shape index (κ3) is 6.56. The van der Waals surface area contributed by atoms with Gasteiger partial charge in [-0.25, -0.2) is 9.38 Å². The molecule has 0 aliphatic carbocycles. The summed E-state index contributed by atoms with van der Waals surface area (Å²) in [5.74, 6) is 1.14. The van der Waals surface area contributed by atoms with Gasteiger partial charge in [-0.15, -0.1) is 0 Å². The van der Waals surface area contributed by atoms with Crippen LogP contribution < -0.4 is 10.6 Å². The van der Waals surface area contributed by atoms with Crippen LogP contribution >= 0.6 is 11.8 Å². The Morgan fingerprint density at radius 1 is 1.19 bits per heavy atom. The molecule has 27 heavy (non-hydrogen) atoms. The lowest BCUT2D eigenvalue weighted by Gasteiger charge is -2.14. The second-order valence-corrected chi connectivity index (χ2v) is 6.68. The Morgan fingerprint density at radius 2 is 1.93 bits per heavy atom. The number of nitrogens with zero attached hydrogens (tertiary/aromatic N) is 2. The molecule has 0 aromatic heterocycles. The second-order valence-electron chi connectivity index (χ2n) is 5.82. The number of hydrogen-bond acceptors (Lipinski definition) is 4. The summed E-state index contributed by atoms with van der Waals surface area (Å²) in [4.78, 5) is 14.8. The fraction of sp³-hybridized carbons (Fsp3) is 0.316. The summed E-state index contributed by atoms with van der Waals surface area (Å²) in [5.41, 5.74) is 2.92. The number of benzene rings is 2. The van der Waals surface area contributed by atoms with E-state index in [4.69, 9.17) is 0 Å². The van der Waals surface area contributed by atoms with E-state index in [1.165, 1.54) is 18.2 Å². The summed E-state index contributed by atoms with van der Waals surface area (Å²) in [6, 6.07) is 11.1. The molecular formula is C19H23FN4O2S. The minimum atomic E-state index is -0.423. The molecule has 0 aliphatic heterocycles. The van der Waals surface area contributed by atoms with Crippen LogP contribution in [0, 0.1) is 15.9 Å². The zero-order valence-corrected chi connectivity index (χ0v) is 16.2. The average molecular weight is 390 g/mol. The van der Waals surface area contributed by atoms with E-state index in [2.05, 4.69) is 15.6 Å². The number of thioether (sulfide) groups is 1. The molecule has 0 aliphatic rings. The Balaban J connectivity index is 2.04. The van der Waals surface area contributed by atoms with Gasteiger partial charge in [-0.3, -0.25) is 10.1 Å². The highest BCUT2D eigenvalue weighted by molar-refractivity contribution is 7.97. The van der Waals surface area contributed by atoms with E-state index in [0.717, 1.165) is 22.4 Å².